The van der Waals surface area contributed by atoms with Gasteiger partial charge in [0.25, 0.3) is 0 Å². The Hall–Kier alpha value is -1.59. The van der Waals surface area contributed by atoms with Crippen molar-refractivity contribution >= 4 is 25.9 Å². The van der Waals surface area contributed by atoms with Gasteiger partial charge in [0.1, 0.15) is 24.9 Å². The van der Waals surface area contributed by atoms with Crippen molar-refractivity contribution in [3.8, 4) is 0 Å². The molecule has 0 aliphatic carbocycles. The van der Waals surface area contributed by atoms with Gasteiger partial charge < -0.3 is 24.3 Å². The normalized spacial score (nSPS) is 25.4. The molecule has 1 rings (SSSR count). The van der Waals surface area contributed by atoms with Gasteiger partial charge in [0.2, 0.25) is 11.8 Å². The molecule has 32 heavy (non-hydrogen) atoms. The molecule has 0 radical (unpaired) electrons. The topological polar surface area (TPSA) is 114 Å². The van der Waals surface area contributed by atoms with Gasteiger partial charge in [0.05, 0.1) is 6.10 Å². The zero-order valence-corrected chi connectivity index (χ0v) is 22.0. The lowest BCUT2D eigenvalue weighted by molar-refractivity contribution is -0.150. The Balaban J connectivity index is 3.49. The Morgan fingerprint density at radius 1 is 1.19 bits per heavy atom. The Kier molecular flexibility index (Phi) is 9.79. The first-order valence-electron chi connectivity index (χ1n) is 10.8. The molecular weight excluding hydrogens is 432 g/mol. The Bertz CT molecular complexity index is 730. The van der Waals surface area contributed by atoms with Gasteiger partial charge in [-0.15, -0.1) is 0 Å². The standard InChI is InChI=1S/C22H40N2O7Si/c1-13(14(2)25)11-24(16(4)27)21-20(29-12-17(28)23-8)19(18(30-21)15(3)26)31-32(9,10)22(5,6)7/h11,15,18-21,26H,12H2,1-10H3,(H,23,28)/b13-11-/t15-,18-,19-,20-,21-/m1/s1. The molecule has 0 saturated carbocycles. The van der Waals surface area contributed by atoms with Crippen LogP contribution in [-0.4, -0.2) is 80.2 Å². The second-order valence-corrected chi connectivity index (χ2v) is 14.6. The van der Waals surface area contributed by atoms with E-state index < -0.39 is 39.0 Å². The first-order valence-corrected chi connectivity index (χ1v) is 13.8. The molecule has 1 saturated heterocycles. The average molecular weight is 473 g/mol. The van der Waals surface area contributed by atoms with Crippen LogP contribution < -0.4 is 5.32 Å². The molecule has 5 atom stereocenters. The van der Waals surface area contributed by atoms with E-state index in [1.54, 1.807) is 13.8 Å². The van der Waals surface area contributed by atoms with Crippen LogP contribution in [0, 0.1) is 0 Å². The van der Waals surface area contributed by atoms with Gasteiger partial charge in [-0.25, -0.2) is 0 Å². The third kappa shape index (κ3) is 6.95. The average Bonchev–Trinajstić information content (AvgIpc) is 2.99. The smallest absolute Gasteiger partial charge is 0.245 e. The van der Waals surface area contributed by atoms with E-state index in [9.17, 15) is 19.5 Å². The number of carbonyl (C=O) groups is 3. The summed E-state index contributed by atoms with van der Waals surface area (Å²) in [5.41, 5.74) is 0.358. The van der Waals surface area contributed by atoms with Crippen molar-refractivity contribution in [2.75, 3.05) is 13.7 Å². The number of carbonyl (C=O) groups excluding carboxylic acids is 3. The summed E-state index contributed by atoms with van der Waals surface area (Å²) in [6.07, 6.45) is -2.87. The van der Waals surface area contributed by atoms with Gasteiger partial charge in [-0.05, 0) is 38.9 Å². The Morgan fingerprint density at radius 3 is 2.16 bits per heavy atom. The van der Waals surface area contributed by atoms with Crippen molar-refractivity contribution in [3.63, 3.8) is 0 Å². The van der Waals surface area contributed by atoms with Gasteiger partial charge in [0.15, 0.2) is 20.3 Å². The lowest BCUT2D eigenvalue weighted by atomic mass is 10.1. The van der Waals surface area contributed by atoms with Crippen LogP contribution in [-0.2, 0) is 28.3 Å². The molecule has 1 fully saturated rings. The maximum Gasteiger partial charge on any atom is 0.245 e. The minimum absolute atomic E-state index is 0.134. The molecule has 2 N–H and O–H groups in total. The quantitative estimate of drug-likeness (QED) is 0.389. The van der Waals surface area contributed by atoms with E-state index in [4.69, 9.17) is 13.9 Å². The van der Waals surface area contributed by atoms with Crippen LogP contribution in [0.4, 0.5) is 0 Å². The summed E-state index contributed by atoms with van der Waals surface area (Å²) >= 11 is 0. The molecule has 0 aromatic rings. The van der Waals surface area contributed by atoms with Crippen molar-refractivity contribution in [3.05, 3.63) is 11.8 Å². The van der Waals surface area contributed by atoms with E-state index in [1.807, 2.05) is 0 Å². The summed E-state index contributed by atoms with van der Waals surface area (Å²) in [4.78, 5) is 37.5. The van der Waals surface area contributed by atoms with Crippen LogP contribution in [0.3, 0.4) is 0 Å². The van der Waals surface area contributed by atoms with Crippen molar-refractivity contribution < 1.29 is 33.4 Å². The number of nitrogens with one attached hydrogen (secondary N) is 1. The van der Waals surface area contributed by atoms with Gasteiger partial charge in [-0.2, -0.15) is 0 Å². The van der Waals surface area contributed by atoms with Crippen LogP contribution >= 0.6 is 0 Å². The van der Waals surface area contributed by atoms with Crippen LogP contribution in [0.15, 0.2) is 11.8 Å². The maximum absolute atomic E-state index is 12.5. The number of allylic oxidation sites excluding steroid dienone is 1. The molecule has 0 bridgehead atoms. The van der Waals surface area contributed by atoms with Crippen molar-refractivity contribution in [2.24, 2.45) is 0 Å². The molecule has 1 aliphatic rings. The molecule has 1 aliphatic heterocycles. The number of hydrogen-bond donors (Lipinski definition) is 2. The fourth-order valence-corrected chi connectivity index (χ4v) is 4.29. The van der Waals surface area contributed by atoms with E-state index in [2.05, 4.69) is 39.2 Å². The number of rotatable bonds is 9. The lowest BCUT2D eigenvalue weighted by Crippen LogP contribution is -2.53. The van der Waals surface area contributed by atoms with Gasteiger partial charge in [-0.1, -0.05) is 20.8 Å². The zero-order valence-electron chi connectivity index (χ0n) is 21.0. The predicted octanol–water partition coefficient (Wildman–Crippen LogP) is 1.95. The first-order chi connectivity index (χ1) is 14.5. The number of ketones is 1. The highest BCUT2D eigenvalue weighted by Gasteiger charge is 2.54. The largest absolute Gasteiger partial charge is 0.408 e. The highest BCUT2D eigenvalue weighted by molar-refractivity contribution is 6.74. The molecule has 0 unspecified atom stereocenters. The molecule has 1 heterocycles. The minimum atomic E-state index is -2.35. The monoisotopic (exact) mass is 472 g/mol. The third-order valence-electron chi connectivity index (χ3n) is 6.15. The van der Waals surface area contributed by atoms with Crippen molar-refractivity contribution in [1.82, 2.24) is 10.2 Å². The fourth-order valence-electron chi connectivity index (χ4n) is 2.99. The van der Waals surface area contributed by atoms with Crippen LogP contribution in [0.5, 0.6) is 0 Å². The van der Waals surface area contributed by atoms with E-state index in [1.165, 1.54) is 32.0 Å². The first kappa shape index (κ1) is 28.4. The van der Waals surface area contributed by atoms with Crippen molar-refractivity contribution in [2.45, 2.75) is 97.2 Å². The summed E-state index contributed by atoms with van der Waals surface area (Å²) in [6, 6.07) is 0. The number of aliphatic hydroxyl groups excluding tert-OH is 1. The summed E-state index contributed by atoms with van der Waals surface area (Å²) in [5.74, 6) is -0.917. The summed E-state index contributed by atoms with van der Waals surface area (Å²) in [5, 5.41) is 12.8. The summed E-state index contributed by atoms with van der Waals surface area (Å²) in [7, 11) is -0.853. The third-order valence-corrected chi connectivity index (χ3v) is 10.6. The molecule has 0 aromatic heterocycles. The molecule has 2 amide bonds. The number of ether oxygens (including phenoxy) is 2. The van der Waals surface area contributed by atoms with E-state index in [0.29, 0.717) is 5.57 Å². The second kappa shape index (κ2) is 11.0. The summed E-state index contributed by atoms with van der Waals surface area (Å²) in [6.45, 7) is 16.1. The maximum atomic E-state index is 12.5. The molecule has 9 nitrogen and oxygen atoms in total. The lowest BCUT2D eigenvalue weighted by Gasteiger charge is -2.41. The molecule has 184 valence electrons. The Morgan fingerprint density at radius 2 is 1.75 bits per heavy atom. The second-order valence-electron chi connectivity index (χ2n) is 9.82. The number of amides is 2. The van der Waals surface area contributed by atoms with Crippen LogP contribution in [0.25, 0.3) is 0 Å². The van der Waals surface area contributed by atoms with Crippen LogP contribution in [0.1, 0.15) is 48.5 Å². The fraction of sp³-hybridized carbons (Fsp3) is 0.773. The minimum Gasteiger partial charge on any atom is -0.408 e. The highest BCUT2D eigenvalue weighted by atomic mass is 28.4. The van der Waals surface area contributed by atoms with Crippen LogP contribution in [0.2, 0.25) is 18.1 Å². The molecular formula is C22H40N2O7Si. The van der Waals surface area contributed by atoms with Gasteiger partial charge in [0, 0.05) is 25.7 Å². The summed E-state index contributed by atoms with van der Waals surface area (Å²) < 4.78 is 18.7. The number of hydrogen-bond acceptors (Lipinski definition) is 7. The highest BCUT2D eigenvalue weighted by Crippen LogP contribution is 2.41. The van der Waals surface area contributed by atoms with E-state index in [-0.39, 0.29) is 29.2 Å². The zero-order chi connectivity index (χ0) is 25.0. The number of nitrogens with zero attached hydrogens (tertiary/aromatic N) is 1. The van der Waals surface area contributed by atoms with Gasteiger partial charge in [-0.3, -0.25) is 19.3 Å². The molecule has 10 heteroatoms. The Labute approximate surface area is 192 Å². The molecule has 0 spiro atoms. The van der Waals surface area contributed by atoms with E-state index in [0.717, 1.165) is 0 Å². The van der Waals surface area contributed by atoms with E-state index >= 15 is 0 Å². The number of Topliss-reactive ketones (excluding diaryl/α,β-unsaturated/α-hetero) is 1. The predicted molar refractivity (Wildman–Crippen MR) is 123 cm³/mol. The van der Waals surface area contributed by atoms with Crippen molar-refractivity contribution in [1.29, 1.82) is 0 Å². The molecule has 0 aromatic carbocycles. The number of likely N-dealkylation sites (N-methyl/N-ethyl adjacent to an activating group) is 1. The number of aliphatic hydroxyl groups is 1. The SMILES string of the molecule is CNC(=O)CO[C@@H]1[C@H](O[Si](C)(C)C(C)(C)C)[C@@H]([C@@H](C)O)O[C@H]1N(/C=C(/C)C(C)=O)C(C)=O. The van der Waals surface area contributed by atoms with Gasteiger partial charge >= 0.3 is 0 Å².